The minimum Gasteiger partial charge on any atom is -0.493 e. The summed E-state index contributed by atoms with van der Waals surface area (Å²) in [5.41, 5.74) is 0. The highest BCUT2D eigenvalue weighted by Crippen LogP contribution is 2.27. The Bertz CT molecular complexity index is 510. The van der Waals surface area contributed by atoms with Gasteiger partial charge in [-0.3, -0.25) is 9.69 Å². The zero-order valence-corrected chi connectivity index (χ0v) is 13.3. The number of amides is 1. The van der Waals surface area contributed by atoms with E-state index in [1.165, 1.54) is 0 Å². The van der Waals surface area contributed by atoms with Crippen LogP contribution in [-0.2, 0) is 4.79 Å². The molecule has 1 fully saturated rings. The molecule has 120 valence electrons. The van der Waals surface area contributed by atoms with E-state index in [4.69, 9.17) is 9.47 Å². The van der Waals surface area contributed by atoms with E-state index in [0.29, 0.717) is 11.5 Å². The molecule has 0 spiro atoms. The van der Waals surface area contributed by atoms with Gasteiger partial charge in [0, 0.05) is 32.7 Å². The highest BCUT2D eigenvalue weighted by atomic mass is 16.5. The summed E-state index contributed by atoms with van der Waals surface area (Å²) in [6.07, 6.45) is 1.37. The molecule has 1 aromatic carbocycles. The average Bonchev–Trinajstić information content (AvgIpc) is 2.55. The fourth-order valence-corrected chi connectivity index (χ4v) is 2.55. The van der Waals surface area contributed by atoms with Gasteiger partial charge in [0.15, 0.2) is 17.6 Å². The monoisotopic (exact) mass is 304 g/mol. The third-order valence-corrected chi connectivity index (χ3v) is 3.79. The first-order chi connectivity index (χ1) is 10.7. The first kappa shape index (κ1) is 16.4. The first-order valence-electron chi connectivity index (χ1n) is 7.57. The van der Waals surface area contributed by atoms with Gasteiger partial charge in [0.1, 0.15) is 0 Å². The van der Waals surface area contributed by atoms with Crippen molar-refractivity contribution < 1.29 is 14.3 Å². The molecule has 1 heterocycles. The van der Waals surface area contributed by atoms with E-state index >= 15 is 0 Å². The van der Waals surface area contributed by atoms with Crippen molar-refractivity contribution in [2.45, 2.75) is 13.0 Å². The maximum atomic E-state index is 12.5. The number of carbonyl (C=O) groups excluding carboxylic acids is 1. The number of para-hydroxylation sites is 2. The largest absolute Gasteiger partial charge is 0.493 e. The number of carbonyl (C=O) groups is 1. The van der Waals surface area contributed by atoms with Gasteiger partial charge in [-0.1, -0.05) is 18.2 Å². The molecule has 0 saturated carbocycles. The van der Waals surface area contributed by atoms with Gasteiger partial charge in [-0.05, 0) is 19.1 Å². The van der Waals surface area contributed by atoms with Crippen molar-refractivity contribution in [3.8, 4) is 11.5 Å². The summed E-state index contributed by atoms with van der Waals surface area (Å²) in [5, 5.41) is 0. The van der Waals surface area contributed by atoms with Gasteiger partial charge >= 0.3 is 0 Å². The number of benzene rings is 1. The fourth-order valence-electron chi connectivity index (χ4n) is 2.55. The van der Waals surface area contributed by atoms with Crippen LogP contribution in [0.3, 0.4) is 0 Å². The number of ether oxygens (including phenoxy) is 2. The molecule has 5 heteroatoms. The SMILES string of the molecule is C=CCN1CCN(C(=O)C(C)Oc2ccccc2OC)CC1. The summed E-state index contributed by atoms with van der Waals surface area (Å²) < 4.78 is 11.0. The lowest BCUT2D eigenvalue weighted by atomic mass is 10.2. The number of piperazine rings is 1. The van der Waals surface area contributed by atoms with E-state index in [-0.39, 0.29) is 5.91 Å². The standard InChI is InChI=1S/C17H24N2O3/c1-4-9-18-10-12-19(13-11-18)17(20)14(2)22-16-8-6-5-7-15(16)21-3/h4-8,14H,1,9-13H2,2-3H3. The van der Waals surface area contributed by atoms with Crippen LogP contribution in [0, 0.1) is 0 Å². The van der Waals surface area contributed by atoms with Gasteiger partial charge in [-0.2, -0.15) is 0 Å². The maximum absolute atomic E-state index is 12.5. The van der Waals surface area contributed by atoms with Crippen LogP contribution in [0.2, 0.25) is 0 Å². The lowest BCUT2D eigenvalue weighted by molar-refractivity contribution is -0.139. The summed E-state index contributed by atoms with van der Waals surface area (Å²) in [6, 6.07) is 7.37. The highest BCUT2D eigenvalue weighted by Gasteiger charge is 2.26. The van der Waals surface area contributed by atoms with Crippen LogP contribution in [0.25, 0.3) is 0 Å². The Kier molecular flexibility index (Phi) is 5.83. The molecular formula is C17H24N2O3. The van der Waals surface area contributed by atoms with Crippen molar-refractivity contribution in [2.75, 3.05) is 39.8 Å². The van der Waals surface area contributed by atoms with E-state index in [2.05, 4.69) is 11.5 Å². The van der Waals surface area contributed by atoms with Gasteiger partial charge in [0.2, 0.25) is 0 Å². The molecule has 0 aromatic heterocycles. The Balaban J connectivity index is 1.91. The van der Waals surface area contributed by atoms with E-state index in [1.807, 2.05) is 35.2 Å². The van der Waals surface area contributed by atoms with Crippen molar-refractivity contribution in [1.29, 1.82) is 0 Å². The van der Waals surface area contributed by atoms with Crippen LogP contribution < -0.4 is 9.47 Å². The molecule has 1 saturated heterocycles. The lowest BCUT2D eigenvalue weighted by Gasteiger charge is -2.35. The fraction of sp³-hybridized carbons (Fsp3) is 0.471. The molecule has 1 amide bonds. The van der Waals surface area contributed by atoms with Crippen LogP contribution in [0.15, 0.2) is 36.9 Å². The number of hydrogen-bond donors (Lipinski definition) is 0. The molecular weight excluding hydrogens is 280 g/mol. The van der Waals surface area contributed by atoms with Gasteiger partial charge in [0.05, 0.1) is 7.11 Å². The molecule has 0 aliphatic carbocycles. The zero-order valence-electron chi connectivity index (χ0n) is 13.3. The Morgan fingerprint density at radius 2 is 1.91 bits per heavy atom. The molecule has 1 aliphatic heterocycles. The number of rotatable bonds is 6. The van der Waals surface area contributed by atoms with Crippen LogP contribution in [0.1, 0.15) is 6.92 Å². The normalized spacial score (nSPS) is 16.9. The number of nitrogens with zero attached hydrogens (tertiary/aromatic N) is 2. The van der Waals surface area contributed by atoms with Gasteiger partial charge in [-0.25, -0.2) is 0 Å². The summed E-state index contributed by atoms with van der Waals surface area (Å²) in [6.45, 7) is 9.60. The van der Waals surface area contributed by atoms with E-state index in [0.717, 1.165) is 32.7 Å². The van der Waals surface area contributed by atoms with Crippen LogP contribution in [-0.4, -0.2) is 61.6 Å². The molecule has 0 bridgehead atoms. The summed E-state index contributed by atoms with van der Waals surface area (Å²) in [5.74, 6) is 1.25. The molecule has 1 aromatic rings. The summed E-state index contributed by atoms with van der Waals surface area (Å²) in [7, 11) is 1.59. The van der Waals surface area contributed by atoms with Crippen molar-refractivity contribution in [1.82, 2.24) is 9.80 Å². The molecule has 5 nitrogen and oxygen atoms in total. The predicted octanol–water partition coefficient (Wildman–Crippen LogP) is 1.79. The number of methoxy groups -OCH3 is 1. The molecule has 0 N–H and O–H groups in total. The van der Waals surface area contributed by atoms with Crippen molar-refractivity contribution in [3.63, 3.8) is 0 Å². The first-order valence-corrected chi connectivity index (χ1v) is 7.57. The molecule has 1 unspecified atom stereocenters. The Morgan fingerprint density at radius 1 is 1.27 bits per heavy atom. The smallest absolute Gasteiger partial charge is 0.263 e. The van der Waals surface area contributed by atoms with Crippen LogP contribution in [0.5, 0.6) is 11.5 Å². The molecule has 1 atom stereocenters. The quantitative estimate of drug-likeness (QED) is 0.752. The van der Waals surface area contributed by atoms with E-state index in [1.54, 1.807) is 14.0 Å². The van der Waals surface area contributed by atoms with Gasteiger partial charge < -0.3 is 14.4 Å². The highest BCUT2D eigenvalue weighted by molar-refractivity contribution is 5.81. The van der Waals surface area contributed by atoms with Crippen molar-refractivity contribution in [2.24, 2.45) is 0 Å². The summed E-state index contributed by atoms with van der Waals surface area (Å²) >= 11 is 0. The second-order valence-electron chi connectivity index (χ2n) is 5.33. The van der Waals surface area contributed by atoms with Crippen molar-refractivity contribution >= 4 is 5.91 Å². The second kappa shape index (κ2) is 7.84. The molecule has 22 heavy (non-hydrogen) atoms. The maximum Gasteiger partial charge on any atom is 0.263 e. The van der Waals surface area contributed by atoms with Gasteiger partial charge in [0.25, 0.3) is 5.91 Å². The third kappa shape index (κ3) is 4.01. The number of hydrogen-bond acceptors (Lipinski definition) is 4. The predicted molar refractivity (Wildman–Crippen MR) is 86.3 cm³/mol. The van der Waals surface area contributed by atoms with E-state index in [9.17, 15) is 4.79 Å². The Morgan fingerprint density at radius 3 is 2.50 bits per heavy atom. The average molecular weight is 304 g/mol. The van der Waals surface area contributed by atoms with Gasteiger partial charge in [-0.15, -0.1) is 6.58 Å². The molecule has 2 rings (SSSR count). The zero-order chi connectivity index (χ0) is 15.9. The van der Waals surface area contributed by atoms with Crippen LogP contribution in [0.4, 0.5) is 0 Å². The molecule has 0 radical (unpaired) electrons. The Hall–Kier alpha value is -2.01. The topological polar surface area (TPSA) is 42.0 Å². The Labute approximate surface area is 132 Å². The lowest BCUT2D eigenvalue weighted by Crippen LogP contribution is -2.51. The minimum absolute atomic E-state index is 0.0177. The third-order valence-electron chi connectivity index (χ3n) is 3.79. The second-order valence-corrected chi connectivity index (χ2v) is 5.33. The summed E-state index contributed by atoms with van der Waals surface area (Å²) in [4.78, 5) is 16.6. The molecule has 1 aliphatic rings. The van der Waals surface area contributed by atoms with Crippen molar-refractivity contribution in [3.05, 3.63) is 36.9 Å². The van der Waals surface area contributed by atoms with Crippen LogP contribution >= 0.6 is 0 Å². The minimum atomic E-state index is -0.526. The van der Waals surface area contributed by atoms with E-state index < -0.39 is 6.10 Å².